The lowest BCUT2D eigenvalue weighted by Gasteiger charge is -2.26. The highest BCUT2D eigenvalue weighted by atomic mass is 19.4. The van der Waals surface area contributed by atoms with Gasteiger partial charge >= 0.3 is 6.18 Å². The number of halogens is 3. The highest BCUT2D eigenvalue weighted by molar-refractivity contribution is 5.79. The van der Waals surface area contributed by atoms with Crippen molar-refractivity contribution in [3.05, 3.63) is 35.4 Å². The Morgan fingerprint density at radius 1 is 1.20 bits per heavy atom. The Labute approximate surface area is 147 Å². The third-order valence-electron chi connectivity index (χ3n) is 4.31. The minimum absolute atomic E-state index is 0.425. The van der Waals surface area contributed by atoms with Crippen molar-refractivity contribution in [2.24, 2.45) is 4.99 Å². The highest BCUT2D eigenvalue weighted by Gasteiger charge is 2.30. The second-order valence-electron chi connectivity index (χ2n) is 6.61. The average Bonchev–Trinajstić information content (AvgIpc) is 3.38. The van der Waals surface area contributed by atoms with Crippen molar-refractivity contribution in [2.75, 3.05) is 20.1 Å². The van der Waals surface area contributed by atoms with Gasteiger partial charge in [0.15, 0.2) is 5.96 Å². The first-order chi connectivity index (χ1) is 11.8. The second kappa shape index (κ2) is 8.56. The molecular weight excluding hydrogens is 329 g/mol. The maximum atomic E-state index is 12.6. The summed E-state index contributed by atoms with van der Waals surface area (Å²) in [4.78, 5) is 6.64. The van der Waals surface area contributed by atoms with E-state index in [1.54, 1.807) is 7.05 Å². The number of nitrogens with zero attached hydrogens (tertiary/aromatic N) is 2. The van der Waals surface area contributed by atoms with Gasteiger partial charge in [0.25, 0.3) is 0 Å². The smallest absolute Gasteiger partial charge is 0.355 e. The van der Waals surface area contributed by atoms with Gasteiger partial charge in [-0.05, 0) is 44.4 Å². The van der Waals surface area contributed by atoms with Gasteiger partial charge in [0.05, 0.1) is 5.56 Å². The molecule has 0 atom stereocenters. The lowest BCUT2D eigenvalue weighted by Crippen LogP contribution is -2.43. The molecule has 1 aromatic rings. The summed E-state index contributed by atoms with van der Waals surface area (Å²) in [5.74, 6) is 0.652. The SMILES string of the molecule is CN=C(NCCN(C(C)C)C1CC1)NCc1ccc(C(F)(F)F)cc1. The molecule has 1 saturated carbocycles. The number of hydrogen-bond acceptors (Lipinski definition) is 2. The maximum absolute atomic E-state index is 12.6. The fourth-order valence-electron chi connectivity index (χ4n) is 2.79. The monoisotopic (exact) mass is 356 g/mol. The van der Waals surface area contributed by atoms with Crippen LogP contribution in [-0.4, -0.2) is 43.1 Å². The molecule has 1 aliphatic carbocycles. The van der Waals surface area contributed by atoms with Gasteiger partial charge in [0.1, 0.15) is 0 Å². The molecule has 0 saturated heterocycles. The van der Waals surface area contributed by atoms with Gasteiger partial charge in [0.2, 0.25) is 0 Å². The first-order valence-electron chi connectivity index (χ1n) is 8.67. The molecule has 0 aromatic heterocycles. The summed E-state index contributed by atoms with van der Waals surface area (Å²) >= 11 is 0. The molecule has 0 unspecified atom stereocenters. The normalized spacial score (nSPS) is 15.8. The summed E-state index contributed by atoms with van der Waals surface area (Å²) in [7, 11) is 1.68. The summed E-state index contributed by atoms with van der Waals surface area (Å²) in [5, 5.41) is 6.39. The number of alkyl halides is 3. The van der Waals surface area contributed by atoms with Crippen LogP contribution in [0.2, 0.25) is 0 Å². The van der Waals surface area contributed by atoms with Crippen LogP contribution in [0.15, 0.2) is 29.3 Å². The molecule has 0 radical (unpaired) electrons. The Kier molecular flexibility index (Phi) is 6.70. The van der Waals surface area contributed by atoms with Gasteiger partial charge in [-0.1, -0.05) is 12.1 Å². The van der Waals surface area contributed by atoms with Crippen molar-refractivity contribution >= 4 is 5.96 Å². The summed E-state index contributed by atoms with van der Waals surface area (Å²) in [6.45, 7) is 6.56. The third kappa shape index (κ3) is 6.23. The first-order valence-corrected chi connectivity index (χ1v) is 8.67. The van der Waals surface area contributed by atoms with E-state index in [2.05, 4.69) is 34.4 Å². The molecule has 1 fully saturated rings. The summed E-state index contributed by atoms with van der Waals surface area (Å²) in [5.41, 5.74) is 0.144. The predicted molar refractivity (Wildman–Crippen MR) is 94.5 cm³/mol. The molecule has 25 heavy (non-hydrogen) atoms. The summed E-state index contributed by atoms with van der Waals surface area (Å²) in [6, 6.07) is 6.40. The Morgan fingerprint density at radius 2 is 1.84 bits per heavy atom. The fourth-order valence-corrected chi connectivity index (χ4v) is 2.79. The Balaban J connectivity index is 1.76. The molecular formula is C18H27F3N4. The largest absolute Gasteiger partial charge is 0.416 e. The van der Waals surface area contributed by atoms with Crippen LogP contribution < -0.4 is 10.6 Å². The first kappa shape index (κ1) is 19.6. The topological polar surface area (TPSA) is 39.7 Å². The molecule has 0 heterocycles. The van der Waals surface area contributed by atoms with Crippen molar-refractivity contribution in [2.45, 2.75) is 51.5 Å². The van der Waals surface area contributed by atoms with E-state index in [1.807, 2.05) is 0 Å². The lowest BCUT2D eigenvalue weighted by atomic mass is 10.1. The third-order valence-corrected chi connectivity index (χ3v) is 4.31. The van der Waals surface area contributed by atoms with Crippen LogP contribution in [-0.2, 0) is 12.7 Å². The van der Waals surface area contributed by atoms with Crippen LogP contribution >= 0.6 is 0 Å². The van der Waals surface area contributed by atoms with Crippen molar-refractivity contribution in [1.29, 1.82) is 0 Å². The van der Waals surface area contributed by atoms with E-state index in [0.29, 0.717) is 24.6 Å². The van der Waals surface area contributed by atoms with Gasteiger partial charge in [-0.15, -0.1) is 0 Å². The Hall–Kier alpha value is -1.76. The molecule has 0 bridgehead atoms. The molecule has 0 spiro atoms. The molecule has 4 nitrogen and oxygen atoms in total. The Bertz CT molecular complexity index is 561. The molecule has 7 heteroatoms. The molecule has 0 aliphatic heterocycles. The van der Waals surface area contributed by atoms with E-state index < -0.39 is 11.7 Å². The average molecular weight is 356 g/mol. The molecule has 2 rings (SSSR count). The number of guanidine groups is 1. The van der Waals surface area contributed by atoms with E-state index >= 15 is 0 Å². The van der Waals surface area contributed by atoms with Crippen LogP contribution in [0, 0.1) is 0 Å². The minimum Gasteiger partial charge on any atom is -0.355 e. The van der Waals surface area contributed by atoms with Crippen LogP contribution in [0.1, 0.15) is 37.8 Å². The molecule has 2 N–H and O–H groups in total. The van der Waals surface area contributed by atoms with E-state index in [-0.39, 0.29) is 0 Å². The van der Waals surface area contributed by atoms with Gasteiger partial charge in [0, 0.05) is 38.8 Å². The molecule has 1 aliphatic rings. The summed E-state index contributed by atoms with van der Waals surface area (Å²) in [6.07, 6.45) is -1.74. The van der Waals surface area contributed by atoms with E-state index in [0.717, 1.165) is 30.8 Å². The zero-order valence-electron chi connectivity index (χ0n) is 15.0. The van der Waals surface area contributed by atoms with E-state index in [9.17, 15) is 13.2 Å². The number of aliphatic imine (C=N–C) groups is 1. The predicted octanol–water partition coefficient (Wildman–Crippen LogP) is 3.24. The van der Waals surface area contributed by atoms with Gasteiger partial charge in [-0.25, -0.2) is 0 Å². The summed E-state index contributed by atoms with van der Waals surface area (Å²) < 4.78 is 37.7. The van der Waals surface area contributed by atoms with Crippen LogP contribution in [0.25, 0.3) is 0 Å². The van der Waals surface area contributed by atoms with Gasteiger partial charge < -0.3 is 10.6 Å². The fraction of sp³-hybridized carbons (Fsp3) is 0.611. The van der Waals surface area contributed by atoms with Crippen molar-refractivity contribution < 1.29 is 13.2 Å². The van der Waals surface area contributed by atoms with Crippen molar-refractivity contribution in [3.8, 4) is 0 Å². The number of rotatable bonds is 7. The highest BCUT2D eigenvalue weighted by Crippen LogP contribution is 2.29. The standard InChI is InChI=1S/C18H27F3N4/c1-13(2)25(16-8-9-16)11-10-23-17(22-3)24-12-14-4-6-15(7-5-14)18(19,20)21/h4-7,13,16H,8-12H2,1-3H3,(H2,22,23,24). The zero-order chi connectivity index (χ0) is 18.4. The van der Waals surface area contributed by atoms with E-state index in [1.165, 1.54) is 25.0 Å². The number of hydrogen-bond donors (Lipinski definition) is 2. The zero-order valence-corrected chi connectivity index (χ0v) is 15.0. The van der Waals surface area contributed by atoms with Gasteiger partial charge in [-0.2, -0.15) is 13.2 Å². The number of nitrogens with one attached hydrogen (secondary N) is 2. The molecule has 140 valence electrons. The van der Waals surface area contributed by atoms with Crippen molar-refractivity contribution in [3.63, 3.8) is 0 Å². The quantitative estimate of drug-likeness (QED) is 0.582. The number of benzene rings is 1. The van der Waals surface area contributed by atoms with Crippen molar-refractivity contribution in [1.82, 2.24) is 15.5 Å². The molecule has 0 amide bonds. The molecule has 1 aromatic carbocycles. The lowest BCUT2D eigenvalue weighted by molar-refractivity contribution is -0.137. The van der Waals surface area contributed by atoms with Crippen LogP contribution in [0.5, 0.6) is 0 Å². The van der Waals surface area contributed by atoms with Crippen LogP contribution in [0.4, 0.5) is 13.2 Å². The Morgan fingerprint density at radius 3 is 2.32 bits per heavy atom. The second-order valence-corrected chi connectivity index (χ2v) is 6.61. The maximum Gasteiger partial charge on any atom is 0.416 e. The minimum atomic E-state index is -4.30. The van der Waals surface area contributed by atoms with E-state index in [4.69, 9.17) is 0 Å². The van der Waals surface area contributed by atoms with Gasteiger partial charge in [-0.3, -0.25) is 9.89 Å². The van der Waals surface area contributed by atoms with Crippen LogP contribution in [0.3, 0.4) is 0 Å².